The second kappa shape index (κ2) is 16.2. The average molecular weight is 303 g/mol. The lowest BCUT2D eigenvalue weighted by atomic mass is 10.1. The zero-order valence-electron chi connectivity index (χ0n) is 14.1. The first kappa shape index (κ1) is 20.8. The summed E-state index contributed by atoms with van der Waals surface area (Å²) in [5.74, 6) is 0. The van der Waals surface area contributed by atoms with Gasteiger partial charge in [-0.3, -0.25) is 5.32 Å². The van der Waals surface area contributed by atoms with Gasteiger partial charge in [0.05, 0.1) is 12.7 Å². The Labute approximate surface area is 131 Å². The molecule has 0 aromatic rings. The Hall–Kier alpha value is -0.160. The molecule has 0 saturated heterocycles. The molecule has 0 amide bonds. The van der Waals surface area contributed by atoms with Gasteiger partial charge >= 0.3 is 0 Å². The highest BCUT2D eigenvalue weighted by Gasteiger charge is 2.04. The molecule has 21 heavy (non-hydrogen) atoms. The summed E-state index contributed by atoms with van der Waals surface area (Å²) in [5.41, 5.74) is 0. The van der Waals surface area contributed by atoms with Crippen LogP contribution in [0, 0.1) is 0 Å². The summed E-state index contributed by atoms with van der Waals surface area (Å²) in [6.07, 6.45) is 12.1. The Morgan fingerprint density at radius 3 is 1.90 bits per heavy atom. The van der Waals surface area contributed by atoms with Crippen LogP contribution in [0.15, 0.2) is 0 Å². The van der Waals surface area contributed by atoms with Crippen LogP contribution >= 0.6 is 0 Å². The monoisotopic (exact) mass is 303 g/mol. The average Bonchev–Trinajstić information content (AvgIpc) is 2.46. The molecule has 0 bridgehead atoms. The first-order valence-electron chi connectivity index (χ1n) is 8.84. The van der Waals surface area contributed by atoms with Crippen molar-refractivity contribution < 1.29 is 14.9 Å². The summed E-state index contributed by atoms with van der Waals surface area (Å²) in [4.78, 5) is 0. The van der Waals surface area contributed by atoms with Gasteiger partial charge in [-0.25, -0.2) is 0 Å². The molecule has 0 saturated carbocycles. The van der Waals surface area contributed by atoms with Crippen LogP contribution in [0.3, 0.4) is 0 Å². The normalized spacial score (nSPS) is 14.3. The zero-order valence-corrected chi connectivity index (χ0v) is 14.1. The van der Waals surface area contributed by atoms with E-state index < -0.39 is 12.3 Å². The molecule has 0 rings (SSSR count). The quantitative estimate of drug-likeness (QED) is 0.303. The summed E-state index contributed by atoms with van der Waals surface area (Å²) in [6.45, 7) is 5.33. The highest BCUT2D eigenvalue weighted by atomic mass is 16.5. The Balaban J connectivity index is 3.08. The van der Waals surface area contributed by atoms with Crippen molar-refractivity contribution in [2.24, 2.45) is 0 Å². The van der Waals surface area contributed by atoms with Crippen LogP contribution in [-0.4, -0.2) is 42.3 Å². The van der Waals surface area contributed by atoms with Crippen LogP contribution in [0.25, 0.3) is 0 Å². The van der Waals surface area contributed by atoms with Crippen molar-refractivity contribution in [2.75, 3.05) is 19.8 Å². The van der Waals surface area contributed by atoms with Crippen molar-refractivity contribution in [3.8, 4) is 0 Å². The minimum absolute atomic E-state index is 0.344. The smallest absolute Gasteiger partial charge is 0.102 e. The summed E-state index contributed by atoms with van der Waals surface area (Å²) < 4.78 is 5.43. The van der Waals surface area contributed by atoms with Gasteiger partial charge in [-0.15, -0.1) is 0 Å². The van der Waals surface area contributed by atoms with Crippen molar-refractivity contribution in [3.05, 3.63) is 0 Å². The van der Waals surface area contributed by atoms with Crippen LogP contribution in [0.4, 0.5) is 0 Å². The zero-order chi connectivity index (χ0) is 15.8. The molecule has 0 aromatic heterocycles. The van der Waals surface area contributed by atoms with Crippen LogP contribution in [0.1, 0.15) is 78.1 Å². The lowest BCUT2D eigenvalue weighted by Crippen LogP contribution is -2.35. The highest BCUT2D eigenvalue weighted by Crippen LogP contribution is 2.10. The molecule has 2 atom stereocenters. The fourth-order valence-corrected chi connectivity index (χ4v) is 2.28. The van der Waals surface area contributed by atoms with E-state index in [0.717, 1.165) is 13.0 Å². The first-order valence-corrected chi connectivity index (χ1v) is 8.84. The Morgan fingerprint density at radius 2 is 1.38 bits per heavy atom. The standard InChI is InChI=1S/C17H37NO3/c1-3-4-5-6-7-8-9-10-11-12-13-21-15-17(20)14-18-16(2)19/h16-20H,3-15H2,1-2H3. The number of nitrogens with one attached hydrogen (secondary N) is 1. The summed E-state index contributed by atoms with van der Waals surface area (Å²) >= 11 is 0. The molecular formula is C17H37NO3. The van der Waals surface area contributed by atoms with E-state index in [1.54, 1.807) is 6.92 Å². The maximum atomic E-state index is 9.56. The fraction of sp³-hybridized carbons (Fsp3) is 1.00. The molecule has 0 heterocycles. The lowest BCUT2D eigenvalue weighted by molar-refractivity contribution is 0.0265. The van der Waals surface area contributed by atoms with Crippen LogP contribution in [-0.2, 0) is 4.74 Å². The number of aliphatic hydroxyl groups is 2. The molecule has 128 valence electrons. The van der Waals surface area contributed by atoms with E-state index in [0.29, 0.717) is 13.2 Å². The number of hydrogen-bond donors (Lipinski definition) is 3. The molecule has 0 fully saturated rings. The van der Waals surface area contributed by atoms with Gasteiger partial charge in [0.15, 0.2) is 0 Å². The molecule has 0 aliphatic heterocycles. The summed E-state index contributed by atoms with van der Waals surface area (Å²) in [6, 6.07) is 0. The van der Waals surface area contributed by atoms with Gasteiger partial charge in [0.2, 0.25) is 0 Å². The van der Waals surface area contributed by atoms with Gasteiger partial charge in [-0.2, -0.15) is 0 Å². The summed E-state index contributed by atoms with van der Waals surface area (Å²) in [7, 11) is 0. The van der Waals surface area contributed by atoms with Gasteiger partial charge in [0.1, 0.15) is 6.23 Å². The molecule has 4 nitrogen and oxygen atoms in total. The largest absolute Gasteiger partial charge is 0.389 e. The molecule has 0 spiro atoms. The van der Waals surface area contributed by atoms with E-state index in [2.05, 4.69) is 12.2 Å². The van der Waals surface area contributed by atoms with Gasteiger partial charge in [0.25, 0.3) is 0 Å². The van der Waals surface area contributed by atoms with E-state index in [9.17, 15) is 5.11 Å². The van der Waals surface area contributed by atoms with Crippen molar-refractivity contribution in [1.29, 1.82) is 0 Å². The van der Waals surface area contributed by atoms with Crippen LogP contribution < -0.4 is 5.32 Å². The first-order chi connectivity index (χ1) is 10.2. The maximum Gasteiger partial charge on any atom is 0.102 e. The molecule has 0 aliphatic carbocycles. The molecule has 2 unspecified atom stereocenters. The lowest BCUT2D eigenvalue weighted by Gasteiger charge is -2.13. The van der Waals surface area contributed by atoms with E-state index >= 15 is 0 Å². The van der Waals surface area contributed by atoms with E-state index in [1.165, 1.54) is 57.8 Å². The van der Waals surface area contributed by atoms with Gasteiger partial charge in [-0.1, -0.05) is 64.7 Å². The number of ether oxygens (including phenoxy) is 1. The van der Waals surface area contributed by atoms with Crippen LogP contribution in [0.2, 0.25) is 0 Å². The van der Waals surface area contributed by atoms with Crippen molar-refractivity contribution in [1.82, 2.24) is 5.32 Å². The third-order valence-electron chi connectivity index (χ3n) is 3.60. The topological polar surface area (TPSA) is 61.7 Å². The molecule has 3 N–H and O–H groups in total. The Bertz CT molecular complexity index is 200. The maximum absolute atomic E-state index is 9.56. The summed E-state index contributed by atoms with van der Waals surface area (Å²) in [5, 5.41) is 21.3. The fourth-order valence-electron chi connectivity index (χ4n) is 2.28. The van der Waals surface area contributed by atoms with Gasteiger partial charge in [-0.05, 0) is 13.3 Å². The van der Waals surface area contributed by atoms with E-state index in [1.807, 2.05) is 0 Å². The number of rotatable bonds is 16. The van der Waals surface area contributed by atoms with Crippen molar-refractivity contribution >= 4 is 0 Å². The predicted molar refractivity (Wildman–Crippen MR) is 88.4 cm³/mol. The molecule has 0 aromatic carbocycles. The third-order valence-corrected chi connectivity index (χ3v) is 3.60. The van der Waals surface area contributed by atoms with Crippen LogP contribution in [0.5, 0.6) is 0 Å². The minimum Gasteiger partial charge on any atom is -0.389 e. The van der Waals surface area contributed by atoms with Crippen molar-refractivity contribution in [2.45, 2.75) is 90.4 Å². The number of aliphatic hydroxyl groups excluding tert-OH is 2. The second-order valence-corrected chi connectivity index (χ2v) is 5.99. The molecule has 4 heteroatoms. The van der Waals surface area contributed by atoms with E-state index in [-0.39, 0.29) is 0 Å². The number of hydrogen-bond acceptors (Lipinski definition) is 4. The van der Waals surface area contributed by atoms with E-state index in [4.69, 9.17) is 9.84 Å². The molecule has 0 aliphatic rings. The minimum atomic E-state index is -0.582. The highest BCUT2D eigenvalue weighted by molar-refractivity contribution is 4.58. The number of unbranched alkanes of at least 4 members (excludes halogenated alkanes) is 9. The van der Waals surface area contributed by atoms with Crippen molar-refractivity contribution in [3.63, 3.8) is 0 Å². The molecule has 0 radical (unpaired) electrons. The Morgan fingerprint density at radius 1 is 0.857 bits per heavy atom. The van der Waals surface area contributed by atoms with Gasteiger partial charge in [0, 0.05) is 13.2 Å². The SMILES string of the molecule is CCCCCCCCCCCCOCC(O)CNC(C)O. The molecular weight excluding hydrogens is 266 g/mol. The second-order valence-electron chi connectivity index (χ2n) is 5.99. The van der Waals surface area contributed by atoms with Gasteiger partial charge < -0.3 is 14.9 Å². The third kappa shape index (κ3) is 17.8. The Kier molecular flexibility index (Phi) is 16.1. The predicted octanol–water partition coefficient (Wildman–Crippen LogP) is 3.21.